The molecule has 3 saturated heterocycles. The van der Waals surface area contributed by atoms with Gasteiger partial charge in [0.15, 0.2) is 5.82 Å². The van der Waals surface area contributed by atoms with Crippen molar-refractivity contribution in [2.45, 2.75) is 77.2 Å². The highest BCUT2D eigenvalue weighted by molar-refractivity contribution is 7.23. The summed E-state index contributed by atoms with van der Waals surface area (Å²) in [4.78, 5) is 33.6. The number of carbonyl (C=O) groups is 1. The van der Waals surface area contributed by atoms with Crippen molar-refractivity contribution in [2.24, 2.45) is 0 Å². The molecule has 4 atom stereocenters. The van der Waals surface area contributed by atoms with Crippen molar-refractivity contribution in [3.63, 3.8) is 0 Å². The monoisotopic (exact) mass is 777 g/mol. The van der Waals surface area contributed by atoms with Crippen molar-refractivity contribution in [1.82, 2.24) is 29.3 Å². The maximum absolute atomic E-state index is 17.2. The standard InChI is InChI=1S/C38H39ClF3N9O2S/c1-18-19(2)51(21(4)45-18)37(52)50-12-9-28(20(50)3)48(5)35-24-13-26(39)30(23-7-8-27(41)33-29(23)25(15-43)34(44)54-33)31(42)32(24)46-36(47-35)53-17-38-10-6-11-49(38)16-22(40)14-38/h7-8,13,20,22,28H,6,9-12,14,16-17,44H2,1-5H3/t20-,22-,28-,38+/m1/s1. The van der Waals surface area contributed by atoms with Crippen LogP contribution in [0.25, 0.3) is 32.1 Å². The van der Waals surface area contributed by atoms with Crippen LogP contribution in [0.1, 0.15) is 55.4 Å². The first kappa shape index (κ1) is 36.3. The van der Waals surface area contributed by atoms with Crippen molar-refractivity contribution in [1.29, 1.82) is 5.26 Å². The number of alkyl halides is 1. The Morgan fingerprint density at radius 2 is 2.00 bits per heavy atom. The van der Waals surface area contributed by atoms with Crippen molar-refractivity contribution in [2.75, 3.05) is 43.9 Å². The second kappa shape index (κ2) is 13.3. The third-order valence-electron chi connectivity index (χ3n) is 11.8. The third-order valence-corrected chi connectivity index (χ3v) is 13.1. The number of nitrogens with two attached hydrogens (primary N) is 1. The van der Waals surface area contributed by atoms with E-state index < -0.39 is 23.3 Å². The molecule has 2 aromatic carbocycles. The quantitative estimate of drug-likeness (QED) is 0.186. The van der Waals surface area contributed by atoms with Gasteiger partial charge in [-0.25, -0.2) is 22.9 Å². The Hall–Kier alpha value is -4.65. The van der Waals surface area contributed by atoms with Gasteiger partial charge in [-0.05, 0) is 71.2 Å². The molecular weight excluding hydrogens is 739 g/mol. The van der Waals surface area contributed by atoms with Crippen LogP contribution >= 0.6 is 22.9 Å². The summed E-state index contributed by atoms with van der Waals surface area (Å²) in [6.07, 6.45) is 1.61. The molecule has 1 amide bonds. The molecule has 3 aliphatic rings. The zero-order valence-electron chi connectivity index (χ0n) is 30.5. The Kier molecular flexibility index (Phi) is 8.93. The molecule has 54 heavy (non-hydrogen) atoms. The molecule has 11 nitrogen and oxygen atoms in total. The molecule has 0 aliphatic carbocycles. The fraction of sp³-hybridized carbons (Fsp3) is 0.447. The maximum atomic E-state index is 17.2. The maximum Gasteiger partial charge on any atom is 0.330 e. The van der Waals surface area contributed by atoms with Crippen LogP contribution in [0.2, 0.25) is 5.02 Å². The lowest BCUT2D eigenvalue weighted by atomic mass is 9.95. The Bertz CT molecular complexity index is 2410. The minimum atomic E-state index is -0.972. The van der Waals surface area contributed by atoms with Crippen LogP contribution in [0, 0.1) is 43.7 Å². The van der Waals surface area contributed by atoms with Crippen LogP contribution < -0.4 is 15.4 Å². The lowest BCUT2D eigenvalue weighted by Gasteiger charge is -2.33. The topological polar surface area (TPSA) is 129 Å². The smallest absolute Gasteiger partial charge is 0.330 e. The van der Waals surface area contributed by atoms with E-state index in [1.54, 1.807) is 22.5 Å². The summed E-state index contributed by atoms with van der Waals surface area (Å²) < 4.78 is 54.9. The van der Waals surface area contributed by atoms with Crippen LogP contribution in [0.3, 0.4) is 0 Å². The van der Waals surface area contributed by atoms with E-state index in [4.69, 9.17) is 27.1 Å². The Labute approximate surface area is 319 Å². The summed E-state index contributed by atoms with van der Waals surface area (Å²) in [5.74, 6) is -0.475. The fourth-order valence-electron chi connectivity index (χ4n) is 8.95. The number of hydrogen-bond donors (Lipinski definition) is 1. The van der Waals surface area contributed by atoms with Gasteiger partial charge in [0, 0.05) is 48.6 Å². The minimum absolute atomic E-state index is 0.00776. The van der Waals surface area contributed by atoms with E-state index in [0.717, 1.165) is 42.1 Å². The molecule has 5 aromatic rings. The molecule has 6 heterocycles. The van der Waals surface area contributed by atoms with E-state index in [-0.39, 0.29) is 73.0 Å². The first-order chi connectivity index (χ1) is 25.7. The summed E-state index contributed by atoms with van der Waals surface area (Å²) >= 11 is 7.83. The number of amides is 1. The van der Waals surface area contributed by atoms with E-state index in [0.29, 0.717) is 43.0 Å². The third kappa shape index (κ3) is 5.55. The first-order valence-corrected chi connectivity index (χ1v) is 19.1. The van der Waals surface area contributed by atoms with Crippen LogP contribution in [-0.2, 0) is 0 Å². The fourth-order valence-corrected chi connectivity index (χ4v) is 10.2. The molecule has 0 saturated carbocycles. The number of fused-ring (bicyclic) bond motifs is 3. The first-order valence-electron chi connectivity index (χ1n) is 17.9. The molecule has 3 fully saturated rings. The molecule has 8 rings (SSSR count). The molecule has 2 N–H and O–H groups in total. The second-order valence-electron chi connectivity index (χ2n) is 14.7. The zero-order chi connectivity index (χ0) is 38.4. The SMILES string of the molecule is Cc1nc(C)n(C(=O)N2CC[C@@H](N(C)c3nc(OC[C@@]45CCCN4C[C@H](F)C5)nc4c(F)c(-c5ccc(F)c6sc(N)c(C#N)c56)c(Cl)cc34)[C@H]2C)c1C. The highest BCUT2D eigenvalue weighted by Crippen LogP contribution is 2.46. The number of nitriles is 1. The van der Waals surface area contributed by atoms with Gasteiger partial charge in [0.1, 0.15) is 46.8 Å². The number of likely N-dealkylation sites (tertiary alicyclic amines) is 1. The number of imidazole rings is 1. The molecular formula is C38H39ClF3N9O2S. The molecule has 0 radical (unpaired) electrons. The number of nitrogen functional groups attached to an aromatic ring is 1. The molecule has 0 spiro atoms. The Balaban J connectivity index is 1.24. The predicted octanol–water partition coefficient (Wildman–Crippen LogP) is 7.54. The lowest BCUT2D eigenvalue weighted by Crippen LogP contribution is -2.46. The van der Waals surface area contributed by atoms with Gasteiger partial charge in [0.25, 0.3) is 0 Å². The summed E-state index contributed by atoms with van der Waals surface area (Å²) in [6, 6.07) is 5.36. The van der Waals surface area contributed by atoms with E-state index in [2.05, 4.69) is 14.9 Å². The number of nitrogens with zero attached hydrogens (tertiary/aromatic N) is 8. The highest BCUT2D eigenvalue weighted by atomic mass is 35.5. The number of likely N-dealkylation sites (N-methyl/N-ethyl adjacent to an activating group) is 1. The van der Waals surface area contributed by atoms with Gasteiger partial charge in [-0.2, -0.15) is 15.2 Å². The van der Waals surface area contributed by atoms with Crippen molar-refractivity contribution in [3.8, 4) is 23.2 Å². The number of aromatic nitrogens is 4. The number of benzene rings is 2. The average Bonchev–Trinajstić information content (AvgIpc) is 3.92. The van der Waals surface area contributed by atoms with Gasteiger partial charge in [0.05, 0.1) is 38.6 Å². The van der Waals surface area contributed by atoms with Crippen LogP contribution in [-0.4, -0.2) is 92.4 Å². The number of anilines is 2. The molecule has 282 valence electrons. The molecule has 0 unspecified atom stereocenters. The minimum Gasteiger partial charge on any atom is -0.461 e. The van der Waals surface area contributed by atoms with E-state index in [1.165, 1.54) is 12.1 Å². The van der Waals surface area contributed by atoms with Crippen molar-refractivity contribution < 1.29 is 22.7 Å². The largest absolute Gasteiger partial charge is 0.461 e. The van der Waals surface area contributed by atoms with Crippen LogP contribution in [0.4, 0.5) is 28.8 Å². The summed E-state index contributed by atoms with van der Waals surface area (Å²) in [5.41, 5.74) is 7.19. The summed E-state index contributed by atoms with van der Waals surface area (Å²) in [6.45, 7) is 9.19. The number of carbonyl (C=O) groups excluding carboxylic acids is 1. The van der Waals surface area contributed by atoms with Gasteiger partial charge in [-0.1, -0.05) is 17.7 Å². The predicted molar refractivity (Wildman–Crippen MR) is 203 cm³/mol. The molecule has 16 heteroatoms. The van der Waals surface area contributed by atoms with E-state index in [1.807, 2.05) is 38.8 Å². The van der Waals surface area contributed by atoms with E-state index >= 15 is 8.78 Å². The Morgan fingerprint density at radius 3 is 2.72 bits per heavy atom. The van der Waals surface area contributed by atoms with Gasteiger partial charge in [-0.15, -0.1) is 11.3 Å². The number of thiophene rings is 1. The summed E-state index contributed by atoms with van der Waals surface area (Å²) in [7, 11) is 1.83. The van der Waals surface area contributed by atoms with E-state index in [9.17, 15) is 14.4 Å². The number of halogens is 4. The number of hydrogen-bond acceptors (Lipinski definition) is 10. The van der Waals surface area contributed by atoms with Gasteiger partial charge in [0.2, 0.25) is 0 Å². The van der Waals surface area contributed by atoms with Crippen LogP contribution in [0.5, 0.6) is 6.01 Å². The Morgan fingerprint density at radius 1 is 1.22 bits per heavy atom. The van der Waals surface area contributed by atoms with Gasteiger partial charge >= 0.3 is 12.0 Å². The normalized spacial score (nSPS) is 22.7. The second-order valence-corrected chi connectivity index (χ2v) is 16.2. The number of ether oxygens (including phenoxy) is 1. The zero-order valence-corrected chi connectivity index (χ0v) is 32.1. The molecule has 3 aliphatic heterocycles. The number of aryl methyl sites for hydroxylation is 2. The van der Waals surface area contributed by atoms with Gasteiger partial charge < -0.3 is 20.3 Å². The van der Waals surface area contributed by atoms with Crippen LogP contribution in [0.15, 0.2) is 18.2 Å². The molecule has 0 bridgehead atoms. The van der Waals surface area contributed by atoms with Gasteiger partial charge in [-0.3, -0.25) is 9.47 Å². The highest BCUT2D eigenvalue weighted by Gasteiger charge is 2.49. The number of rotatable bonds is 6. The lowest BCUT2D eigenvalue weighted by molar-refractivity contribution is 0.107. The average molecular weight is 778 g/mol. The van der Waals surface area contributed by atoms with Crippen molar-refractivity contribution >= 4 is 60.8 Å². The molecule has 3 aromatic heterocycles. The van der Waals surface area contributed by atoms with Crippen molar-refractivity contribution in [3.05, 3.63) is 57.6 Å². The summed E-state index contributed by atoms with van der Waals surface area (Å²) in [5, 5.41) is 10.5.